The summed E-state index contributed by atoms with van der Waals surface area (Å²) in [6.45, 7) is 8.88. The van der Waals surface area contributed by atoms with Crippen LogP contribution in [0.5, 0.6) is 0 Å². The van der Waals surface area contributed by atoms with Crippen LogP contribution in [0.2, 0.25) is 0 Å². The maximum Gasteiger partial charge on any atom is 0.330 e. The van der Waals surface area contributed by atoms with E-state index in [2.05, 4.69) is 44.8 Å². The number of ether oxygens (including phenoxy) is 1. The van der Waals surface area contributed by atoms with E-state index >= 15 is 0 Å². The molecule has 0 saturated carbocycles. The SMILES string of the molecule is C=CC(=O)OCC[N+](C)(CC=Cc1ccccc1)CCCC. The number of rotatable bonds is 10. The summed E-state index contributed by atoms with van der Waals surface area (Å²) >= 11 is 0. The van der Waals surface area contributed by atoms with Crippen molar-refractivity contribution in [3.8, 4) is 0 Å². The van der Waals surface area contributed by atoms with Crippen molar-refractivity contribution in [3.05, 3.63) is 54.6 Å². The zero-order chi connectivity index (χ0) is 16.3. The molecule has 0 spiro atoms. The Labute approximate surface area is 134 Å². The second kappa shape index (κ2) is 9.96. The number of quaternary nitrogens is 1. The van der Waals surface area contributed by atoms with Crippen LogP contribution in [0, 0.1) is 0 Å². The molecule has 0 N–H and O–H groups in total. The predicted molar refractivity (Wildman–Crippen MR) is 92.3 cm³/mol. The number of carbonyl (C=O) groups excluding carboxylic acids is 1. The Bertz CT molecular complexity index is 481. The number of nitrogens with zero attached hydrogens (tertiary/aromatic N) is 1. The number of carbonyl (C=O) groups is 1. The molecule has 0 aromatic heterocycles. The highest BCUT2D eigenvalue weighted by Crippen LogP contribution is 2.08. The molecular weight excluding hydrogens is 274 g/mol. The molecule has 1 aromatic carbocycles. The largest absolute Gasteiger partial charge is 0.457 e. The third kappa shape index (κ3) is 7.23. The van der Waals surface area contributed by atoms with Crippen LogP contribution >= 0.6 is 0 Å². The smallest absolute Gasteiger partial charge is 0.330 e. The summed E-state index contributed by atoms with van der Waals surface area (Å²) in [5.74, 6) is -0.345. The van der Waals surface area contributed by atoms with Crippen molar-refractivity contribution in [1.29, 1.82) is 0 Å². The lowest BCUT2D eigenvalue weighted by atomic mass is 10.2. The summed E-state index contributed by atoms with van der Waals surface area (Å²) in [7, 11) is 2.22. The van der Waals surface area contributed by atoms with Crippen LogP contribution in [-0.2, 0) is 9.53 Å². The topological polar surface area (TPSA) is 26.3 Å². The summed E-state index contributed by atoms with van der Waals surface area (Å²) in [4.78, 5) is 11.1. The van der Waals surface area contributed by atoms with E-state index < -0.39 is 0 Å². The zero-order valence-corrected chi connectivity index (χ0v) is 13.8. The summed E-state index contributed by atoms with van der Waals surface area (Å²) < 4.78 is 6.01. The standard InChI is InChI=1S/C19H28NO2/c1-4-6-14-20(3,16-17-22-19(21)5-2)15-10-13-18-11-8-7-9-12-18/h5,7-13H,2,4,6,14-17H2,1,3H3/q+1. The molecule has 0 bridgehead atoms. The molecule has 0 saturated heterocycles. The lowest BCUT2D eigenvalue weighted by Crippen LogP contribution is -2.47. The molecule has 0 aliphatic rings. The second-order valence-electron chi connectivity index (χ2n) is 5.79. The van der Waals surface area contributed by atoms with Gasteiger partial charge in [-0.05, 0) is 18.1 Å². The number of benzene rings is 1. The third-order valence-corrected chi connectivity index (χ3v) is 3.75. The molecule has 1 aromatic rings. The minimum absolute atomic E-state index is 0.345. The van der Waals surface area contributed by atoms with Gasteiger partial charge in [-0.15, -0.1) is 0 Å². The molecule has 0 aliphatic carbocycles. The molecule has 1 unspecified atom stereocenters. The molecule has 1 rings (SSSR count). The van der Waals surface area contributed by atoms with Crippen molar-refractivity contribution in [1.82, 2.24) is 0 Å². The molecule has 120 valence electrons. The van der Waals surface area contributed by atoms with Gasteiger partial charge in [0, 0.05) is 6.08 Å². The minimum Gasteiger partial charge on any atom is -0.457 e. The number of hydrogen-bond acceptors (Lipinski definition) is 2. The van der Waals surface area contributed by atoms with Crippen LogP contribution in [0.1, 0.15) is 25.3 Å². The fourth-order valence-corrected chi connectivity index (χ4v) is 2.27. The normalized spacial score (nSPS) is 13.7. The van der Waals surface area contributed by atoms with Gasteiger partial charge in [0.1, 0.15) is 13.2 Å². The van der Waals surface area contributed by atoms with Crippen LogP contribution in [-0.4, -0.2) is 43.7 Å². The summed E-state index contributed by atoms with van der Waals surface area (Å²) in [6, 6.07) is 10.3. The highest BCUT2D eigenvalue weighted by molar-refractivity contribution is 5.81. The van der Waals surface area contributed by atoms with Gasteiger partial charge in [-0.2, -0.15) is 0 Å². The van der Waals surface area contributed by atoms with Gasteiger partial charge in [0.15, 0.2) is 0 Å². The lowest BCUT2D eigenvalue weighted by molar-refractivity contribution is -0.904. The minimum atomic E-state index is -0.345. The lowest BCUT2D eigenvalue weighted by Gasteiger charge is -2.33. The van der Waals surface area contributed by atoms with Gasteiger partial charge in [0.05, 0.1) is 20.1 Å². The van der Waals surface area contributed by atoms with Crippen molar-refractivity contribution >= 4 is 12.0 Å². The van der Waals surface area contributed by atoms with Gasteiger partial charge in [-0.25, -0.2) is 4.79 Å². The number of hydrogen-bond donors (Lipinski definition) is 0. The summed E-state index contributed by atoms with van der Waals surface area (Å²) in [5.41, 5.74) is 1.21. The monoisotopic (exact) mass is 302 g/mol. The van der Waals surface area contributed by atoms with Crippen molar-refractivity contribution in [3.63, 3.8) is 0 Å². The molecule has 3 nitrogen and oxygen atoms in total. The molecule has 0 amide bonds. The molecule has 0 radical (unpaired) electrons. The second-order valence-corrected chi connectivity index (χ2v) is 5.79. The molecule has 22 heavy (non-hydrogen) atoms. The van der Waals surface area contributed by atoms with E-state index in [1.54, 1.807) is 0 Å². The van der Waals surface area contributed by atoms with E-state index in [0.29, 0.717) is 6.61 Å². The van der Waals surface area contributed by atoms with E-state index in [-0.39, 0.29) is 5.97 Å². The van der Waals surface area contributed by atoms with Crippen LogP contribution in [0.3, 0.4) is 0 Å². The molecule has 1 atom stereocenters. The van der Waals surface area contributed by atoms with Gasteiger partial charge in [-0.3, -0.25) is 0 Å². The van der Waals surface area contributed by atoms with Crippen LogP contribution in [0.4, 0.5) is 0 Å². The highest BCUT2D eigenvalue weighted by atomic mass is 16.5. The Balaban J connectivity index is 2.55. The fraction of sp³-hybridized carbons (Fsp3) is 0.421. The van der Waals surface area contributed by atoms with Crippen molar-refractivity contribution < 1.29 is 14.0 Å². The predicted octanol–water partition coefficient (Wildman–Crippen LogP) is 3.68. The Morgan fingerprint density at radius 2 is 2.00 bits per heavy atom. The first-order valence-corrected chi connectivity index (χ1v) is 7.94. The van der Waals surface area contributed by atoms with Crippen molar-refractivity contribution in [2.75, 3.05) is 33.3 Å². The van der Waals surface area contributed by atoms with E-state index in [9.17, 15) is 4.79 Å². The first-order valence-electron chi connectivity index (χ1n) is 7.94. The van der Waals surface area contributed by atoms with Gasteiger partial charge in [0.2, 0.25) is 0 Å². The number of esters is 1. The van der Waals surface area contributed by atoms with Crippen molar-refractivity contribution in [2.45, 2.75) is 19.8 Å². The van der Waals surface area contributed by atoms with Gasteiger partial charge < -0.3 is 9.22 Å². The summed E-state index contributed by atoms with van der Waals surface area (Å²) in [6.07, 6.45) is 7.91. The van der Waals surface area contributed by atoms with Crippen LogP contribution in [0.25, 0.3) is 6.08 Å². The van der Waals surface area contributed by atoms with Crippen molar-refractivity contribution in [2.24, 2.45) is 0 Å². The molecule has 0 aliphatic heterocycles. The zero-order valence-electron chi connectivity index (χ0n) is 13.8. The Morgan fingerprint density at radius 3 is 2.64 bits per heavy atom. The first kappa shape index (κ1) is 18.2. The number of likely N-dealkylation sites (N-methyl/N-ethyl adjacent to an activating group) is 1. The Kier molecular flexibility index (Phi) is 8.23. The Hall–Kier alpha value is -1.87. The Morgan fingerprint density at radius 1 is 1.27 bits per heavy atom. The van der Waals surface area contributed by atoms with E-state index in [4.69, 9.17) is 4.74 Å². The van der Waals surface area contributed by atoms with Crippen LogP contribution in [0.15, 0.2) is 49.1 Å². The fourth-order valence-electron chi connectivity index (χ4n) is 2.27. The average Bonchev–Trinajstić information content (AvgIpc) is 2.54. The summed E-state index contributed by atoms with van der Waals surface area (Å²) in [5, 5.41) is 0. The molecule has 0 heterocycles. The van der Waals surface area contributed by atoms with Crippen LogP contribution < -0.4 is 0 Å². The van der Waals surface area contributed by atoms with E-state index in [0.717, 1.165) is 24.1 Å². The highest BCUT2D eigenvalue weighted by Gasteiger charge is 2.19. The molecule has 0 fully saturated rings. The molecule has 3 heteroatoms. The third-order valence-electron chi connectivity index (χ3n) is 3.75. The number of unbranched alkanes of at least 4 members (excludes halogenated alkanes) is 1. The van der Waals surface area contributed by atoms with E-state index in [1.165, 1.54) is 24.5 Å². The molecular formula is C19H28NO2+. The first-order chi connectivity index (χ1) is 10.6. The van der Waals surface area contributed by atoms with Gasteiger partial charge >= 0.3 is 5.97 Å². The maximum atomic E-state index is 11.1. The average molecular weight is 302 g/mol. The van der Waals surface area contributed by atoms with Gasteiger partial charge in [0.25, 0.3) is 0 Å². The quantitative estimate of drug-likeness (QED) is 0.374. The van der Waals surface area contributed by atoms with E-state index in [1.807, 2.05) is 18.2 Å². The van der Waals surface area contributed by atoms with Gasteiger partial charge in [-0.1, -0.05) is 56.3 Å². The maximum absolute atomic E-state index is 11.1.